The van der Waals surface area contributed by atoms with E-state index in [9.17, 15) is 13.2 Å². The Morgan fingerprint density at radius 1 is 1.22 bits per heavy atom. The molecule has 9 heteroatoms. The van der Waals surface area contributed by atoms with Crippen LogP contribution in [0.15, 0.2) is 23.1 Å². The van der Waals surface area contributed by atoms with Crippen LogP contribution >= 0.6 is 0 Å². The van der Waals surface area contributed by atoms with Gasteiger partial charge in [0.15, 0.2) is 0 Å². The molecule has 1 aromatic carbocycles. The maximum Gasteiger partial charge on any atom is 0.253 e. The number of hydrogen-bond acceptors (Lipinski definition) is 6. The van der Waals surface area contributed by atoms with Gasteiger partial charge in [0.1, 0.15) is 0 Å². The van der Waals surface area contributed by atoms with Crippen LogP contribution < -0.4 is 10.2 Å². The van der Waals surface area contributed by atoms with E-state index in [1.807, 2.05) is 0 Å². The van der Waals surface area contributed by atoms with Crippen LogP contribution in [0, 0.1) is 5.92 Å². The van der Waals surface area contributed by atoms with Crippen LogP contribution in [0.5, 0.6) is 0 Å². The minimum absolute atomic E-state index is 0.119. The van der Waals surface area contributed by atoms with Gasteiger partial charge in [0.2, 0.25) is 10.0 Å². The Labute approximate surface area is 192 Å². The maximum absolute atomic E-state index is 13.4. The second-order valence-corrected chi connectivity index (χ2v) is 11.9. The lowest BCUT2D eigenvalue weighted by Crippen LogP contribution is -2.54. The summed E-state index contributed by atoms with van der Waals surface area (Å²) in [6.45, 7) is 11.6. The lowest BCUT2D eigenvalue weighted by atomic mass is 9.93. The first kappa shape index (κ1) is 25.0. The summed E-state index contributed by atoms with van der Waals surface area (Å²) in [7, 11) is -0.659. The molecule has 2 aliphatic heterocycles. The summed E-state index contributed by atoms with van der Waals surface area (Å²) in [4.78, 5) is 18.0. The third-order valence-electron chi connectivity index (χ3n) is 6.54. The number of nitrogens with one attached hydrogen (secondary N) is 1. The summed E-state index contributed by atoms with van der Waals surface area (Å²) in [6, 6.07) is 4.83. The Kier molecular flexibility index (Phi) is 7.85. The Morgan fingerprint density at radius 3 is 2.53 bits per heavy atom. The first-order valence-corrected chi connectivity index (χ1v) is 12.9. The van der Waals surface area contributed by atoms with Crippen molar-refractivity contribution < 1.29 is 17.9 Å². The summed E-state index contributed by atoms with van der Waals surface area (Å²) in [5.41, 5.74) is 0.946. The van der Waals surface area contributed by atoms with Gasteiger partial charge < -0.3 is 15.0 Å². The molecule has 8 nitrogen and oxygen atoms in total. The van der Waals surface area contributed by atoms with Crippen LogP contribution in [0.25, 0.3) is 0 Å². The van der Waals surface area contributed by atoms with E-state index in [0.717, 1.165) is 18.8 Å². The van der Waals surface area contributed by atoms with Crippen molar-refractivity contribution in [3.63, 3.8) is 0 Å². The van der Waals surface area contributed by atoms with Crippen molar-refractivity contribution in [3.8, 4) is 0 Å². The number of hydrogen-bond donors (Lipinski definition) is 1. The molecule has 3 rings (SSSR count). The van der Waals surface area contributed by atoms with Gasteiger partial charge in [-0.2, -0.15) is 0 Å². The molecule has 32 heavy (non-hydrogen) atoms. The number of rotatable bonds is 7. The second-order valence-electron chi connectivity index (χ2n) is 9.75. The third-order valence-corrected chi connectivity index (χ3v) is 8.35. The number of likely N-dealkylation sites (tertiary alicyclic amines) is 1. The van der Waals surface area contributed by atoms with Crippen molar-refractivity contribution in [1.82, 2.24) is 14.5 Å². The SMILES string of the molecule is CC1CCCN(C(C)(C)CNC(=O)c2cc(S(=O)(=O)N(C)C)ccc2N2CCOCC2)C1. The number of amides is 1. The summed E-state index contributed by atoms with van der Waals surface area (Å²) < 4.78 is 32.0. The molecule has 2 saturated heterocycles. The van der Waals surface area contributed by atoms with Crippen LogP contribution in [0.2, 0.25) is 0 Å². The van der Waals surface area contributed by atoms with Crippen molar-refractivity contribution in [3.05, 3.63) is 23.8 Å². The molecule has 0 aliphatic carbocycles. The van der Waals surface area contributed by atoms with Crippen molar-refractivity contribution >= 4 is 21.6 Å². The largest absolute Gasteiger partial charge is 0.378 e. The van der Waals surface area contributed by atoms with Crippen molar-refractivity contribution in [1.29, 1.82) is 0 Å². The van der Waals surface area contributed by atoms with Gasteiger partial charge in [0.25, 0.3) is 5.91 Å². The quantitative estimate of drug-likeness (QED) is 0.662. The average molecular weight is 467 g/mol. The van der Waals surface area contributed by atoms with Crippen molar-refractivity contribution in [2.24, 2.45) is 5.92 Å². The molecule has 1 amide bonds. The Hall–Kier alpha value is -1.68. The second kappa shape index (κ2) is 10.1. The van der Waals surface area contributed by atoms with Gasteiger partial charge >= 0.3 is 0 Å². The molecule has 1 N–H and O–H groups in total. The molecule has 1 atom stereocenters. The van der Waals surface area contributed by atoms with E-state index in [0.29, 0.717) is 44.3 Å². The van der Waals surface area contributed by atoms with Crippen LogP contribution in [0.4, 0.5) is 5.69 Å². The first-order valence-electron chi connectivity index (χ1n) is 11.4. The highest BCUT2D eigenvalue weighted by Gasteiger charge is 2.31. The molecule has 0 spiro atoms. The monoisotopic (exact) mass is 466 g/mol. The summed E-state index contributed by atoms with van der Waals surface area (Å²) in [6.07, 6.45) is 2.42. The maximum atomic E-state index is 13.4. The number of ether oxygens (including phenoxy) is 1. The molecule has 0 bridgehead atoms. The summed E-state index contributed by atoms with van der Waals surface area (Å²) >= 11 is 0. The number of anilines is 1. The number of benzene rings is 1. The van der Waals surface area contributed by atoms with Crippen LogP contribution in [-0.4, -0.2) is 89.1 Å². The van der Waals surface area contributed by atoms with E-state index in [1.165, 1.54) is 37.3 Å². The number of nitrogens with zero attached hydrogens (tertiary/aromatic N) is 3. The predicted molar refractivity (Wildman–Crippen MR) is 127 cm³/mol. The fraction of sp³-hybridized carbons (Fsp3) is 0.696. The smallest absolute Gasteiger partial charge is 0.253 e. The lowest BCUT2D eigenvalue weighted by Gasteiger charge is -2.43. The zero-order valence-electron chi connectivity index (χ0n) is 20.1. The summed E-state index contributed by atoms with van der Waals surface area (Å²) in [5, 5.41) is 3.09. The molecule has 2 heterocycles. The topological polar surface area (TPSA) is 82.2 Å². The van der Waals surface area contributed by atoms with Gasteiger partial charge in [-0.15, -0.1) is 0 Å². The molecule has 1 unspecified atom stereocenters. The van der Waals surface area contributed by atoms with Gasteiger partial charge in [0, 0.05) is 51.5 Å². The molecule has 0 aromatic heterocycles. The fourth-order valence-corrected chi connectivity index (χ4v) is 5.32. The molecule has 1 aromatic rings. The van der Waals surface area contributed by atoms with E-state index < -0.39 is 10.0 Å². The number of morpholine rings is 1. The number of piperidine rings is 1. The van der Waals surface area contributed by atoms with Crippen LogP contribution in [-0.2, 0) is 14.8 Å². The molecule has 2 fully saturated rings. The fourth-order valence-electron chi connectivity index (χ4n) is 4.39. The highest BCUT2D eigenvalue weighted by Crippen LogP contribution is 2.27. The van der Waals surface area contributed by atoms with Gasteiger partial charge in [-0.1, -0.05) is 6.92 Å². The number of carbonyl (C=O) groups is 1. The number of carbonyl (C=O) groups excluding carboxylic acids is 1. The van der Waals surface area contributed by atoms with E-state index >= 15 is 0 Å². The highest BCUT2D eigenvalue weighted by molar-refractivity contribution is 7.89. The third kappa shape index (κ3) is 5.62. The lowest BCUT2D eigenvalue weighted by molar-refractivity contribution is 0.0657. The molecular weight excluding hydrogens is 428 g/mol. The molecule has 180 valence electrons. The van der Waals surface area contributed by atoms with Gasteiger partial charge in [-0.25, -0.2) is 12.7 Å². The molecule has 2 aliphatic rings. The average Bonchev–Trinajstić information content (AvgIpc) is 2.77. The molecule has 0 saturated carbocycles. The zero-order valence-corrected chi connectivity index (χ0v) is 20.9. The standard InChI is InChI=1S/C23H38N4O4S/c1-18-7-6-10-27(16-18)23(2,3)17-24-22(28)20-15-19(32(29,30)25(4)5)8-9-21(20)26-11-13-31-14-12-26/h8-9,15,18H,6-7,10-14,16-17H2,1-5H3,(H,24,28). The molecular formula is C23H38N4O4S. The van der Waals surface area contributed by atoms with E-state index in [4.69, 9.17) is 4.74 Å². The minimum atomic E-state index is -3.65. The van der Waals surface area contributed by atoms with Crippen molar-refractivity contribution in [2.45, 2.75) is 44.0 Å². The van der Waals surface area contributed by atoms with E-state index in [1.54, 1.807) is 12.1 Å². The minimum Gasteiger partial charge on any atom is -0.378 e. The van der Waals surface area contributed by atoms with Crippen LogP contribution in [0.3, 0.4) is 0 Å². The van der Waals surface area contributed by atoms with E-state index in [2.05, 4.69) is 35.9 Å². The Bertz CT molecular complexity index is 911. The predicted octanol–water partition coefficient (Wildman–Crippen LogP) is 2.01. The van der Waals surface area contributed by atoms with Crippen LogP contribution in [0.1, 0.15) is 44.0 Å². The van der Waals surface area contributed by atoms with Gasteiger partial charge in [-0.05, 0) is 57.4 Å². The van der Waals surface area contributed by atoms with Gasteiger partial charge in [-0.3, -0.25) is 9.69 Å². The normalized spacial score (nSPS) is 21.1. The first-order chi connectivity index (χ1) is 15.0. The van der Waals surface area contributed by atoms with Crippen molar-refractivity contribution in [2.75, 3.05) is 64.9 Å². The zero-order chi connectivity index (χ0) is 23.5. The Morgan fingerprint density at radius 2 is 1.91 bits per heavy atom. The van der Waals surface area contributed by atoms with E-state index in [-0.39, 0.29) is 16.3 Å². The van der Waals surface area contributed by atoms with Gasteiger partial charge in [0.05, 0.1) is 23.7 Å². The summed E-state index contributed by atoms with van der Waals surface area (Å²) in [5.74, 6) is 0.403. The highest BCUT2D eigenvalue weighted by atomic mass is 32.2. The molecule has 0 radical (unpaired) electrons. The Balaban J connectivity index is 1.85. The number of sulfonamides is 1.